The standard InChI is InChI=1S/C11H7FN4/c12-9-4-7(6-13)3-8(5-9)10-1-2-15-11(14)16-10/h1-5H,(H2,14,15,16). The fourth-order valence-corrected chi connectivity index (χ4v) is 1.34. The highest BCUT2D eigenvalue weighted by Crippen LogP contribution is 2.19. The molecule has 0 aliphatic rings. The molecule has 4 nitrogen and oxygen atoms in total. The van der Waals surface area contributed by atoms with Crippen molar-refractivity contribution in [3.63, 3.8) is 0 Å². The van der Waals surface area contributed by atoms with Crippen LogP contribution in [0.5, 0.6) is 0 Å². The number of anilines is 1. The van der Waals surface area contributed by atoms with E-state index in [9.17, 15) is 4.39 Å². The Morgan fingerprint density at radius 1 is 1.31 bits per heavy atom. The Labute approximate surface area is 91.2 Å². The first-order chi connectivity index (χ1) is 7.69. The van der Waals surface area contributed by atoms with E-state index in [1.807, 2.05) is 6.07 Å². The van der Waals surface area contributed by atoms with Crippen LogP contribution in [0, 0.1) is 17.1 Å². The normalized spacial score (nSPS) is 9.75. The number of benzene rings is 1. The van der Waals surface area contributed by atoms with Gasteiger partial charge in [0.2, 0.25) is 5.95 Å². The molecule has 1 aromatic carbocycles. The summed E-state index contributed by atoms with van der Waals surface area (Å²) in [6, 6.07) is 7.48. The molecule has 0 amide bonds. The first kappa shape index (κ1) is 10.1. The van der Waals surface area contributed by atoms with E-state index in [2.05, 4.69) is 9.97 Å². The second kappa shape index (κ2) is 3.95. The topological polar surface area (TPSA) is 75.6 Å². The number of nitrogen functional groups attached to an aromatic ring is 1. The zero-order chi connectivity index (χ0) is 11.5. The third-order valence-corrected chi connectivity index (χ3v) is 2.00. The minimum Gasteiger partial charge on any atom is -0.368 e. The van der Waals surface area contributed by atoms with E-state index in [-0.39, 0.29) is 11.5 Å². The maximum Gasteiger partial charge on any atom is 0.220 e. The zero-order valence-electron chi connectivity index (χ0n) is 8.18. The molecule has 0 radical (unpaired) electrons. The summed E-state index contributed by atoms with van der Waals surface area (Å²) >= 11 is 0. The number of nitriles is 1. The molecule has 0 unspecified atom stereocenters. The van der Waals surface area contributed by atoms with Gasteiger partial charge >= 0.3 is 0 Å². The first-order valence-corrected chi connectivity index (χ1v) is 4.48. The zero-order valence-corrected chi connectivity index (χ0v) is 8.18. The van der Waals surface area contributed by atoms with Crippen LogP contribution in [0.1, 0.15) is 5.56 Å². The highest BCUT2D eigenvalue weighted by molar-refractivity contribution is 5.62. The lowest BCUT2D eigenvalue weighted by Gasteiger charge is -2.02. The van der Waals surface area contributed by atoms with Crippen LogP contribution >= 0.6 is 0 Å². The van der Waals surface area contributed by atoms with Gasteiger partial charge in [0.05, 0.1) is 17.3 Å². The summed E-state index contributed by atoms with van der Waals surface area (Å²) in [6.07, 6.45) is 1.48. The molecule has 0 fully saturated rings. The fraction of sp³-hybridized carbons (Fsp3) is 0. The molecular formula is C11H7FN4. The van der Waals surface area contributed by atoms with Crippen LogP contribution in [0.3, 0.4) is 0 Å². The van der Waals surface area contributed by atoms with Crippen LogP contribution in [0.4, 0.5) is 10.3 Å². The maximum absolute atomic E-state index is 13.2. The van der Waals surface area contributed by atoms with Gasteiger partial charge in [-0.05, 0) is 24.3 Å². The van der Waals surface area contributed by atoms with Gasteiger partial charge in [0, 0.05) is 11.8 Å². The predicted molar refractivity (Wildman–Crippen MR) is 56.6 cm³/mol. The molecule has 2 rings (SSSR count). The van der Waals surface area contributed by atoms with Crippen molar-refractivity contribution >= 4 is 5.95 Å². The van der Waals surface area contributed by atoms with E-state index in [0.717, 1.165) is 6.07 Å². The lowest BCUT2D eigenvalue weighted by atomic mass is 10.1. The van der Waals surface area contributed by atoms with Crippen molar-refractivity contribution < 1.29 is 4.39 Å². The van der Waals surface area contributed by atoms with Crippen molar-refractivity contribution in [1.29, 1.82) is 5.26 Å². The van der Waals surface area contributed by atoms with Gasteiger partial charge in [0.25, 0.3) is 0 Å². The first-order valence-electron chi connectivity index (χ1n) is 4.48. The van der Waals surface area contributed by atoms with Crippen molar-refractivity contribution in [3.8, 4) is 17.3 Å². The van der Waals surface area contributed by atoms with Gasteiger partial charge in [-0.3, -0.25) is 0 Å². The summed E-state index contributed by atoms with van der Waals surface area (Å²) in [5.41, 5.74) is 6.66. The van der Waals surface area contributed by atoms with Gasteiger partial charge in [-0.1, -0.05) is 0 Å². The van der Waals surface area contributed by atoms with Crippen LogP contribution in [-0.4, -0.2) is 9.97 Å². The fourth-order valence-electron chi connectivity index (χ4n) is 1.34. The van der Waals surface area contributed by atoms with Gasteiger partial charge in [-0.15, -0.1) is 0 Å². The van der Waals surface area contributed by atoms with Crippen LogP contribution in [0.15, 0.2) is 30.5 Å². The van der Waals surface area contributed by atoms with Crippen molar-refractivity contribution in [2.24, 2.45) is 0 Å². The summed E-state index contributed by atoms with van der Waals surface area (Å²) < 4.78 is 13.2. The molecule has 0 aliphatic carbocycles. The smallest absolute Gasteiger partial charge is 0.220 e. The summed E-state index contributed by atoms with van der Waals surface area (Å²) in [6.45, 7) is 0. The monoisotopic (exact) mass is 214 g/mol. The molecule has 0 saturated heterocycles. The Morgan fingerprint density at radius 2 is 2.12 bits per heavy atom. The number of nitrogens with zero attached hydrogens (tertiary/aromatic N) is 3. The quantitative estimate of drug-likeness (QED) is 0.784. The van der Waals surface area contributed by atoms with Crippen LogP contribution in [0.25, 0.3) is 11.3 Å². The average molecular weight is 214 g/mol. The van der Waals surface area contributed by atoms with Crippen LogP contribution in [-0.2, 0) is 0 Å². The molecule has 2 N–H and O–H groups in total. The van der Waals surface area contributed by atoms with Gasteiger partial charge < -0.3 is 5.73 Å². The second-order valence-corrected chi connectivity index (χ2v) is 3.14. The van der Waals surface area contributed by atoms with E-state index >= 15 is 0 Å². The van der Waals surface area contributed by atoms with Gasteiger partial charge in [-0.25, -0.2) is 14.4 Å². The highest BCUT2D eigenvalue weighted by atomic mass is 19.1. The summed E-state index contributed by atoms with van der Waals surface area (Å²) in [4.78, 5) is 7.69. The molecule has 0 aliphatic heterocycles. The van der Waals surface area contributed by atoms with Crippen LogP contribution < -0.4 is 5.73 Å². The molecule has 2 aromatic rings. The van der Waals surface area contributed by atoms with Crippen molar-refractivity contribution in [1.82, 2.24) is 9.97 Å². The van der Waals surface area contributed by atoms with Crippen molar-refractivity contribution in [2.45, 2.75) is 0 Å². The lowest BCUT2D eigenvalue weighted by molar-refractivity contribution is 0.628. The largest absolute Gasteiger partial charge is 0.368 e. The Balaban J connectivity index is 2.56. The molecule has 1 aromatic heterocycles. The Hall–Kier alpha value is -2.48. The number of halogens is 1. The third kappa shape index (κ3) is 1.96. The number of nitrogens with two attached hydrogens (primary N) is 1. The molecular weight excluding hydrogens is 207 g/mol. The Kier molecular flexibility index (Phi) is 2.48. The molecule has 0 saturated carbocycles. The number of hydrogen-bond acceptors (Lipinski definition) is 4. The third-order valence-electron chi connectivity index (χ3n) is 2.00. The average Bonchev–Trinajstić information content (AvgIpc) is 2.28. The Morgan fingerprint density at radius 3 is 2.81 bits per heavy atom. The van der Waals surface area contributed by atoms with Gasteiger partial charge in [0.1, 0.15) is 5.82 Å². The lowest BCUT2D eigenvalue weighted by Crippen LogP contribution is -1.95. The van der Waals surface area contributed by atoms with E-state index < -0.39 is 5.82 Å². The van der Waals surface area contributed by atoms with Crippen molar-refractivity contribution in [3.05, 3.63) is 41.8 Å². The van der Waals surface area contributed by atoms with E-state index in [0.29, 0.717) is 11.3 Å². The van der Waals surface area contributed by atoms with E-state index in [4.69, 9.17) is 11.0 Å². The molecule has 1 heterocycles. The summed E-state index contributed by atoms with van der Waals surface area (Å²) in [5, 5.41) is 8.71. The van der Waals surface area contributed by atoms with Gasteiger partial charge in [-0.2, -0.15) is 5.26 Å². The van der Waals surface area contributed by atoms with Crippen molar-refractivity contribution in [2.75, 3.05) is 5.73 Å². The predicted octanol–water partition coefficient (Wildman–Crippen LogP) is 1.74. The molecule has 0 bridgehead atoms. The minimum absolute atomic E-state index is 0.111. The maximum atomic E-state index is 13.2. The molecule has 0 atom stereocenters. The molecule has 5 heteroatoms. The minimum atomic E-state index is -0.480. The second-order valence-electron chi connectivity index (χ2n) is 3.14. The SMILES string of the molecule is N#Cc1cc(F)cc(-c2ccnc(N)n2)c1. The number of hydrogen-bond donors (Lipinski definition) is 1. The number of rotatable bonds is 1. The van der Waals surface area contributed by atoms with Crippen LogP contribution in [0.2, 0.25) is 0 Å². The molecule has 78 valence electrons. The number of aromatic nitrogens is 2. The van der Waals surface area contributed by atoms with E-state index in [1.54, 1.807) is 12.1 Å². The van der Waals surface area contributed by atoms with Gasteiger partial charge in [0.15, 0.2) is 0 Å². The highest BCUT2D eigenvalue weighted by Gasteiger charge is 2.04. The van der Waals surface area contributed by atoms with E-state index in [1.165, 1.54) is 12.3 Å². The Bertz CT molecular complexity index is 574. The molecule has 0 spiro atoms. The summed E-state index contributed by atoms with van der Waals surface area (Å²) in [5.74, 6) is -0.369. The summed E-state index contributed by atoms with van der Waals surface area (Å²) in [7, 11) is 0. The molecule has 16 heavy (non-hydrogen) atoms.